The number of aromatic nitrogens is 2. The molecule has 0 saturated heterocycles. The van der Waals surface area contributed by atoms with Crippen LogP contribution in [-0.2, 0) is 22.7 Å². The number of hydrogen-bond acceptors (Lipinski definition) is 6. The van der Waals surface area contributed by atoms with Crippen molar-refractivity contribution in [3.8, 4) is 0 Å². The summed E-state index contributed by atoms with van der Waals surface area (Å²) in [4.78, 5) is 31.6. The average Bonchev–Trinajstić information content (AvgIpc) is 3.25. The lowest BCUT2D eigenvalue weighted by atomic mass is 10.0. The van der Waals surface area contributed by atoms with Crippen LogP contribution in [0, 0.1) is 5.92 Å². The van der Waals surface area contributed by atoms with Crippen molar-refractivity contribution in [1.82, 2.24) is 20.0 Å². The Labute approximate surface area is 145 Å². The number of hydrogen-bond donors (Lipinski definition) is 2. The molecule has 2 N–H and O–H groups in total. The number of fused-ring (bicyclic) bond motifs is 1. The highest BCUT2D eigenvalue weighted by atomic mass is 16.6. The van der Waals surface area contributed by atoms with Crippen molar-refractivity contribution in [1.29, 1.82) is 0 Å². The summed E-state index contributed by atoms with van der Waals surface area (Å²) in [7, 11) is 0. The highest BCUT2D eigenvalue weighted by Gasteiger charge is 2.34. The molecule has 25 heavy (non-hydrogen) atoms. The van der Waals surface area contributed by atoms with Gasteiger partial charge in [-0.25, -0.2) is 0 Å². The number of aliphatic hydroxyl groups excluding tert-OH is 1. The monoisotopic (exact) mass is 349 g/mol. The summed E-state index contributed by atoms with van der Waals surface area (Å²) in [6.07, 6.45) is -0.0275. The van der Waals surface area contributed by atoms with Gasteiger partial charge in [0.1, 0.15) is 0 Å². The zero-order valence-electron chi connectivity index (χ0n) is 14.4. The summed E-state index contributed by atoms with van der Waals surface area (Å²) < 4.78 is 1.74. The van der Waals surface area contributed by atoms with E-state index in [9.17, 15) is 9.59 Å². The molecule has 9 nitrogen and oxygen atoms in total. The number of carbonyl (C=O) groups excluding carboxylic acids is 2. The van der Waals surface area contributed by atoms with Crippen LogP contribution in [0.15, 0.2) is 11.2 Å². The van der Waals surface area contributed by atoms with Gasteiger partial charge >= 0.3 is 0 Å². The molecular formula is C16H23N5O4. The quantitative estimate of drug-likeness (QED) is 0.762. The van der Waals surface area contributed by atoms with Crippen LogP contribution < -0.4 is 5.32 Å². The highest BCUT2D eigenvalue weighted by Crippen LogP contribution is 2.21. The zero-order valence-corrected chi connectivity index (χ0v) is 14.4. The lowest BCUT2D eigenvalue weighted by Crippen LogP contribution is -2.43. The van der Waals surface area contributed by atoms with Gasteiger partial charge in [0.25, 0.3) is 11.8 Å². The van der Waals surface area contributed by atoms with Gasteiger partial charge in [0.15, 0.2) is 5.69 Å². The van der Waals surface area contributed by atoms with Crippen LogP contribution in [0.2, 0.25) is 0 Å². The molecule has 2 amide bonds. The molecule has 1 aromatic heterocycles. The second-order valence-corrected chi connectivity index (χ2v) is 6.52. The first-order chi connectivity index (χ1) is 12.0. The molecule has 3 rings (SSSR count). The maximum Gasteiger partial charge on any atom is 0.271 e. The summed E-state index contributed by atoms with van der Waals surface area (Å²) in [6.45, 7) is 5.54. The van der Waals surface area contributed by atoms with E-state index in [1.54, 1.807) is 15.6 Å². The molecule has 0 saturated carbocycles. The summed E-state index contributed by atoms with van der Waals surface area (Å²) in [6, 6.07) is 1.68. The van der Waals surface area contributed by atoms with Gasteiger partial charge in [-0.2, -0.15) is 5.10 Å². The first kappa shape index (κ1) is 17.4. The normalized spacial score (nSPS) is 19.4. The Balaban J connectivity index is 1.62. The van der Waals surface area contributed by atoms with Gasteiger partial charge in [-0.05, 0) is 12.0 Å². The average molecular weight is 349 g/mol. The van der Waals surface area contributed by atoms with E-state index < -0.39 is 6.10 Å². The molecule has 1 atom stereocenters. The van der Waals surface area contributed by atoms with Crippen molar-refractivity contribution in [3.05, 3.63) is 17.5 Å². The Morgan fingerprint density at radius 2 is 2.24 bits per heavy atom. The fourth-order valence-electron chi connectivity index (χ4n) is 2.90. The molecule has 136 valence electrons. The van der Waals surface area contributed by atoms with E-state index in [1.165, 1.54) is 0 Å². The Bertz CT molecular complexity index is 697. The Hall–Kier alpha value is -2.42. The Morgan fingerprint density at radius 3 is 2.92 bits per heavy atom. The molecule has 3 heterocycles. The van der Waals surface area contributed by atoms with Gasteiger partial charge in [-0.15, -0.1) is 0 Å². The molecule has 2 aliphatic heterocycles. The van der Waals surface area contributed by atoms with Gasteiger partial charge < -0.3 is 20.2 Å². The Kier molecular flexibility index (Phi) is 5.03. The number of oxime groups is 1. The molecule has 2 aliphatic rings. The van der Waals surface area contributed by atoms with Gasteiger partial charge in [0, 0.05) is 19.5 Å². The van der Waals surface area contributed by atoms with Gasteiger partial charge in [-0.1, -0.05) is 19.0 Å². The third-order valence-electron chi connectivity index (χ3n) is 4.37. The van der Waals surface area contributed by atoms with Crippen LogP contribution in [0.25, 0.3) is 0 Å². The first-order valence-electron chi connectivity index (χ1n) is 8.46. The minimum atomic E-state index is -0.556. The molecule has 0 aromatic carbocycles. The Morgan fingerprint density at radius 1 is 1.44 bits per heavy atom. The topological polar surface area (TPSA) is 109 Å². The van der Waals surface area contributed by atoms with Crippen molar-refractivity contribution >= 4 is 17.5 Å². The van der Waals surface area contributed by atoms with Crippen molar-refractivity contribution in [2.24, 2.45) is 11.1 Å². The molecule has 9 heteroatoms. The molecule has 0 fully saturated rings. The number of nitrogens with one attached hydrogen (secondary N) is 1. The number of amides is 2. The summed E-state index contributed by atoms with van der Waals surface area (Å²) in [5.74, 6) is -0.151. The van der Waals surface area contributed by atoms with E-state index in [1.807, 2.05) is 13.8 Å². The smallest absolute Gasteiger partial charge is 0.271 e. The van der Waals surface area contributed by atoms with Gasteiger partial charge in [0.05, 0.1) is 31.1 Å². The lowest BCUT2D eigenvalue weighted by Gasteiger charge is -2.29. The SMILES string of the molecule is CC(C)C1=NO[C@H](C(=O)N2CCn3nc(C(=O)NCCO)cc3C2)C1. The summed E-state index contributed by atoms with van der Waals surface area (Å²) in [5.41, 5.74) is 2.00. The van der Waals surface area contributed by atoms with Crippen molar-refractivity contribution in [2.45, 2.75) is 39.5 Å². The van der Waals surface area contributed by atoms with Crippen molar-refractivity contribution < 1.29 is 19.5 Å². The van der Waals surface area contributed by atoms with Crippen LogP contribution >= 0.6 is 0 Å². The molecule has 1 aromatic rings. The maximum absolute atomic E-state index is 12.7. The van der Waals surface area contributed by atoms with E-state index in [4.69, 9.17) is 9.94 Å². The van der Waals surface area contributed by atoms with Gasteiger partial charge in [-0.3, -0.25) is 14.3 Å². The fraction of sp³-hybridized carbons (Fsp3) is 0.625. The van der Waals surface area contributed by atoms with Crippen LogP contribution in [-0.4, -0.2) is 63.1 Å². The molecule has 0 aliphatic carbocycles. The summed E-state index contributed by atoms with van der Waals surface area (Å²) in [5, 5.41) is 19.6. The van der Waals surface area contributed by atoms with Crippen LogP contribution in [0.3, 0.4) is 0 Å². The molecule has 0 bridgehead atoms. The number of nitrogens with zero attached hydrogens (tertiary/aromatic N) is 4. The number of carbonyl (C=O) groups is 2. The van der Waals surface area contributed by atoms with E-state index in [2.05, 4.69) is 15.6 Å². The predicted molar refractivity (Wildman–Crippen MR) is 88.8 cm³/mol. The lowest BCUT2D eigenvalue weighted by molar-refractivity contribution is -0.143. The minimum Gasteiger partial charge on any atom is -0.395 e. The highest BCUT2D eigenvalue weighted by molar-refractivity contribution is 5.94. The van der Waals surface area contributed by atoms with E-state index >= 15 is 0 Å². The standard InChI is InChI=1S/C16H23N5O4/c1-10(2)12-8-14(25-19-12)16(24)20-4-5-21-11(9-20)7-13(18-21)15(23)17-3-6-22/h7,10,14,22H,3-6,8-9H2,1-2H3,(H,17,23)/t14-/m0/s1. The largest absolute Gasteiger partial charge is 0.395 e. The maximum atomic E-state index is 12.7. The second-order valence-electron chi connectivity index (χ2n) is 6.52. The third-order valence-corrected chi connectivity index (χ3v) is 4.37. The van der Waals surface area contributed by atoms with Crippen LogP contribution in [0.5, 0.6) is 0 Å². The van der Waals surface area contributed by atoms with E-state index in [-0.39, 0.29) is 30.9 Å². The van der Waals surface area contributed by atoms with E-state index in [0.717, 1.165) is 11.4 Å². The first-order valence-corrected chi connectivity index (χ1v) is 8.46. The van der Waals surface area contributed by atoms with Gasteiger partial charge in [0.2, 0.25) is 6.10 Å². The second kappa shape index (κ2) is 7.22. The number of rotatable bonds is 5. The third kappa shape index (κ3) is 3.65. The van der Waals surface area contributed by atoms with Crippen LogP contribution in [0.1, 0.15) is 36.5 Å². The van der Waals surface area contributed by atoms with Crippen molar-refractivity contribution in [3.63, 3.8) is 0 Å². The molecule has 0 spiro atoms. The van der Waals surface area contributed by atoms with Crippen molar-refractivity contribution in [2.75, 3.05) is 19.7 Å². The number of aliphatic hydroxyl groups is 1. The zero-order chi connectivity index (χ0) is 18.0. The molecule has 0 radical (unpaired) electrons. The summed E-state index contributed by atoms with van der Waals surface area (Å²) >= 11 is 0. The molecule has 0 unspecified atom stereocenters. The van der Waals surface area contributed by atoms with E-state index in [0.29, 0.717) is 31.7 Å². The fourth-order valence-corrected chi connectivity index (χ4v) is 2.90. The van der Waals surface area contributed by atoms with Crippen LogP contribution in [0.4, 0.5) is 0 Å². The molecular weight excluding hydrogens is 326 g/mol. The minimum absolute atomic E-state index is 0.0851. The predicted octanol–water partition coefficient (Wildman–Crippen LogP) is -0.252.